The largest absolute Gasteiger partial charge is 0.496 e. The van der Waals surface area contributed by atoms with Crippen LogP contribution in [0, 0.1) is 0 Å². The molecule has 2 atom stereocenters. The summed E-state index contributed by atoms with van der Waals surface area (Å²) >= 11 is 0. The van der Waals surface area contributed by atoms with Crippen molar-refractivity contribution in [2.45, 2.75) is 30.8 Å². The lowest BCUT2D eigenvalue weighted by Crippen LogP contribution is -2.39. The molecule has 0 unspecified atom stereocenters. The summed E-state index contributed by atoms with van der Waals surface area (Å²) in [5.41, 5.74) is 1.44. The van der Waals surface area contributed by atoms with E-state index in [9.17, 15) is 13.2 Å². The van der Waals surface area contributed by atoms with E-state index in [1.54, 1.807) is 14.0 Å². The fourth-order valence-electron chi connectivity index (χ4n) is 2.54. The van der Waals surface area contributed by atoms with Gasteiger partial charge in [0.1, 0.15) is 5.75 Å². The summed E-state index contributed by atoms with van der Waals surface area (Å²) in [7, 11) is -2.15. The predicted octanol–water partition coefficient (Wildman–Crippen LogP) is 2.02. The Labute approximate surface area is 153 Å². The van der Waals surface area contributed by atoms with Gasteiger partial charge in [0, 0.05) is 17.3 Å². The van der Waals surface area contributed by atoms with E-state index in [1.807, 2.05) is 31.2 Å². The Morgan fingerprint density at radius 2 is 1.69 bits per heavy atom. The van der Waals surface area contributed by atoms with Gasteiger partial charge in [0.15, 0.2) is 0 Å². The number of methoxy groups -OCH3 is 1. The molecule has 7 nitrogen and oxygen atoms in total. The monoisotopic (exact) mass is 377 g/mol. The molecule has 2 rings (SSSR count). The molecule has 140 valence electrons. The Morgan fingerprint density at radius 3 is 2.27 bits per heavy atom. The van der Waals surface area contributed by atoms with Gasteiger partial charge in [-0.1, -0.05) is 18.2 Å². The molecule has 0 heterocycles. The SMILES string of the molecule is COc1ccccc1[C@H](C)N[C@@H](C)C(=O)Nc1ccc(S(N)(=O)=O)cc1. The lowest BCUT2D eigenvalue weighted by Gasteiger charge is -2.21. The summed E-state index contributed by atoms with van der Waals surface area (Å²) in [6, 6.07) is 12.7. The molecule has 0 radical (unpaired) electrons. The minimum absolute atomic E-state index is 0.00790. The Bertz CT molecular complexity index is 866. The highest BCUT2D eigenvalue weighted by molar-refractivity contribution is 7.89. The zero-order valence-electron chi connectivity index (χ0n) is 14.9. The maximum atomic E-state index is 12.4. The maximum Gasteiger partial charge on any atom is 0.241 e. The number of sulfonamides is 1. The molecule has 0 aliphatic heterocycles. The summed E-state index contributed by atoms with van der Waals surface area (Å²) in [6.45, 7) is 3.70. The van der Waals surface area contributed by atoms with Gasteiger partial charge in [-0.25, -0.2) is 13.6 Å². The van der Waals surface area contributed by atoms with Crippen LogP contribution in [0.25, 0.3) is 0 Å². The summed E-state index contributed by atoms with van der Waals surface area (Å²) in [4.78, 5) is 12.4. The van der Waals surface area contributed by atoms with Crippen LogP contribution in [0.2, 0.25) is 0 Å². The number of carbonyl (C=O) groups is 1. The molecule has 26 heavy (non-hydrogen) atoms. The number of anilines is 1. The predicted molar refractivity (Wildman–Crippen MR) is 100 cm³/mol. The van der Waals surface area contributed by atoms with Crippen molar-refractivity contribution in [2.24, 2.45) is 5.14 Å². The van der Waals surface area contributed by atoms with E-state index in [4.69, 9.17) is 9.88 Å². The third-order valence-electron chi connectivity index (χ3n) is 3.95. The second-order valence-electron chi connectivity index (χ2n) is 5.91. The van der Waals surface area contributed by atoms with Gasteiger partial charge in [0.2, 0.25) is 15.9 Å². The van der Waals surface area contributed by atoms with Crippen molar-refractivity contribution >= 4 is 21.6 Å². The second-order valence-corrected chi connectivity index (χ2v) is 7.47. The highest BCUT2D eigenvalue weighted by Crippen LogP contribution is 2.24. The van der Waals surface area contributed by atoms with Crippen molar-refractivity contribution in [1.82, 2.24) is 5.32 Å². The molecule has 0 spiro atoms. The third-order valence-corrected chi connectivity index (χ3v) is 4.88. The molecule has 2 aromatic rings. The van der Waals surface area contributed by atoms with E-state index in [-0.39, 0.29) is 16.8 Å². The minimum atomic E-state index is -3.75. The molecule has 0 bridgehead atoms. The number of hydrogen-bond acceptors (Lipinski definition) is 5. The van der Waals surface area contributed by atoms with Crippen LogP contribution in [-0.2, 0) is 14.8 Å². The number of ether oxygens (including phenoxy) is 1. The van der Waals surface area contributed by atoms with E-state index >= 15 is 0 Å². The normalized spacial score (nSPS) is 13.7. The van der Waals surface area contributed by atoms with Gasteiger partial charge < -0.3 is 10.1 Å². The lowest BCUT2D eigenvalue weighted by molar-refractivity contribution is -0.117. The minimum Gasteiger partial charge on any atom is -0.496 e. The Balaban J connectivity index is 2.01. The Morgan fingerprint density at radius 1 is 1.08 bits per heavy atom. The van der Waals surface area contributed by atoms with Crippen molar-refractivity contribution in [3.63, 3.8) is 0 Å². The highest BCUT2D eigenvalue weighted by atomic mass is 32.2. The first-order valence-electron chi connectivity index (χ1n) is 8.05. The summed E-state index contributed by atoms with van der Waals surface area (Å²) in [5.74, 6) is 0.508. The van der Waals surface area contributed by atoms with E-state index < -0.39 is 16.1 Å². The van der Waals surface area contributed by atoms with Crippen molar-refractivity contribution < 1.29 is 17.9 Å². The van der Waals surface area contributed by atoms with Crippen LogP contribution in [0.1, 0.15) is 25.5 Å². The van der Waals surface area contributed by atoms with Gasteiger partial charge >= 0.3 is 0 Å². The molecule has 0 fully saturated rings. The highest BCUT2D eigenvalue weighted by Gasteiger charge is 2.18. The average molecular weight is 377 g/mol. The smallest absolute Gasteiger partial charge is 0.241 e. The fraction of sp³-hybridized carbons (Fsp3) is 0.278. The summed E-state index contributed by atoms with van der Waals surface area (Å²) < 4.78 is 27.8. The molecular weight excluding hydrogens is 354 g/mol. The molecule has 0 aliphatic carbocycles. The van der Waals surface area contributed by atoms with Gasteiger partial charge in [-0.15, -0.1) is 0 Å². The zero-order chi connectivity index (χ0) is 19.3. The first-order valence-corrected chi connectivity index (χ1v) is 9.59. The van der Waals surface area contributed by atoms with Crippen LogP contribution in [0.3, 0.4) is 0 Å². The molecule has 0 aliphatic rings. The quantitative estimate of drug-likeness (QED) is 0.684. The second kappa shape index (κ2) is 8.31. The topological polar surface area (TPSA) is 111 Å². The van der Waals surface area contributed by atoms with Crippen LogP contribution >= 0.6 is 0 Å². The van der Waals surface area contributed by atoms with E-state index in [1.165, 1.54) is 24.3 Å². The summed E-state index contributed by atoms with van der Waals surface area (Å²) in [6.07, 6.45) is 0. The van der Waals surface area contributed by atoms with Crippen LogP contribution in [0.4, 0.5) is 5.69 Å². The van der Waals surface area contributed by atoms with E-state index in [0.29, 0.717) is 5.69 Å². The van der Waals surface area contributed by atoms with Crippen LogP contribution in [0.5, 0.6) is 5.75 Å². The van der Waals surface area contributed by atoms with E-state index in [0.717, 1.165) is 11.3 Å². The number of hydrogen-bond donors (Lipinski definition) is 3. The maximum absolute atomic E-state index is 12.4. The number of amides is 1. The first kappa shape index (κ1) is 19.9. The number of nitrogens with one attached hydrogen (secondary N) is 2. The van der Waals surface area contributed by atoms with Crippen molar-refractivity contribution in [3.05, 3.63) is 54.1 Å². The third kappa shape index (κ3) is 5.04. The molecule has 1 amide bonds. The molecule has 0 saturated carbocycles. The number of benzene rings is 2. The van der Waals surface area contributed by atoms with Gasteiger partial charge in [0.25, 0.3) is 0 Å². The number of carbonyl (C=O) groups excluding carboxylic acids is 1. The van der Waals surface area contributed by atoms with Crippen LogP contribution in [0.15, 0.2) is 53.4 Å². The van der Waals surface area contributed by atoms with Gasteiger partial charge in [0.05, 0.1) is 18.0 Å². The fourth-order valence-corrected chi connectivity index (χ4v) is 3.06. The van der Waals surface area contributed by atoms with Gasteiger partial charge in [-0.2, -0.15) is 0 Å². The first-order chi connectivity index (χ1) is 12.2. The lowest BCUT2D eigenvalue weighted by atomic mass is 10.1. The van der Waals surface area contributed by atoms with Gasteiger partial charge in [-0.05, 0) is 44.2 Å². The molecule has 8 heteroatoms. The molecular formula is C18H23N3O4S. The molecule has 0 aromatic heterocycles. The Kier molecular flexibility index (Phi) is 6.36. The van der Waals surface area contributed by atoms with Crippen LogP contribution in [-0.4, -0.2) is 27.5 Å². The number of para-hydroxylation sites is 1. The standard InChI is InChI=1S/C18H23N3O4S/c1-12(16-6-4-5-7-17(16)25-3)20-13(2)18(22)21-14-8-10-15(11-9-14)26(19,23)24/h4-13,20H,1-3H3,(H,21,22)(H2,19,23,24)/t12-,13-/m0/s1. The average Bonchev–Trinajstić information content (AvgIpc) is 2.61. The molecule has 0 saturated heterocycles. The van der Waals surface area contributed by atoms with E-state index in [2.05, 4.69) is 10.6 Å². The summed E-state index contributed by atoms with van der Waals surface area (Å²) in [5, 5.41) is 11.0. The zero-order valence-corrected chi connectivity index (χ0v) is 15.7. The molecule has 4 N–H and O–H groups in total. The number of rotatable bonds is 7. The molecule has 2 aromatic carbocycles. The van der Waals surface area contributed by atoms with Gasteiger partial charge in [-0.3, -0.25) is 10.1 Å². The van der Waals surface area contributed by atoms with Crippen molar-refractivity contribution in [2.75, 3.05) is 12.4 Å². The number of primary sulfonamides is 1. The number of nitrogens with two attached hydrogens (primary N) is 1. The van der Waals surface area contributed by atoms with Crippen LogP contribution < -0.4 is 20.5 Å². The Hall–Kier alpha value is -2.42. The van der Waals surface area contributed by atoms with Crippen molar-refractivity contribution in [3.8, 4) is 5.75 Å². The van der Waals surface area contributed by atoms with Crippen molar-refractivity contribution in [1.29, 1.82) is 0 Å².